The van der Waals surface area contributed by atoms with Crippen LogP contribution in [-0.2, 0) is 11.2 Å². The lowest BCUT2D eigenvalue weighted by atomic mass is 9.82. The summed E-state index contributed by atoms with van der Waals surface area (Å²) in [6.45, 7) is 4.76. The monoisotopic (exact) mass is 302 g/mol. The third-order valence-corrected chi connectivity index (χ3v) is 5.93. The Balaban J connectivity index is 1.43. The molecule has 1 aromatic carbocycles. The molecule has 2 heteroatoms. The minimum absolute atomic E-state index is 0.328. The summed E-state index contributed by atoms with van der Waals surface area (Å²) in [5.41, 5.74) is 1.45. The minimum Gasteiger partial charge on any atom is -0.368 e. The Morgan fingerprint density at radius 1 is 1.18 bits per heavy atom. The van der Waals surface area contributed by atoms with E-state index in [2.05, 4.69) is 44.2 Å². The molecule has 2 fully saturated rings. The molecule has 1 aliphatic heterocycles. The average Bonchev–Trinajstić information content (AvgIpc) is 2.99. The van der Waals surface area contributed by atoms with Crippen LogP contribution < -0.4 is 0 Å². The smallest absolute Gasteiger partial charge is 0.155 e. The molecular weight excluding hydrogens is 272 g/mol. The molecule has 1 aliphatic carbocycles. The van der Waals surface area contributed by atoms with Crippen LogP contribution in [0, 0.1) is 23.7 Å². The van der Waals surface area contributed by atoms with Crippen LogP contribution >= 0.6 is 0 Å². The first kappa shape index (κ1) is 16.0. The van der Waals surface area contributed by atoms with Gasteiger partial charge in [-0.25, -0.2) is 0 Å². The number of aryl methyl sites for hydroxylation is 1. The Hall–Kier alpha value is -0.860. The molecule has 0 bridgehead atoms. The van der Waals surface area contributed by atoms with Gasteiger partial charge in [0.1, 0.15) is 0 Å². The molecule has 6 atom stereocenters. The fraction of sp³-hybridized carbons (Fsp3) is 0.700. The van der Waals surface area contributed by atoms with E-state index in [0.717, 1.165) is 30.6 Å². The largest absolute Gasteiger partial charge is 0.368 e. The number of ether oxygens (including phenoxy) is 1. The first-order valence-corrected chi connectivity index (χ1v) is 9.01. The van der Waals surface area contributed by atoms with Crippen molar-refractivity contribution in [1.29, 1.82) is 0 Å². The van der Waals surface area contributed by atoms with Crippen molar-refractivity contribution >= 4 is 0 Å². The first-order valence-electron chi connectivity index (χ1n) is 9.01. The Bertz CT molecular complexity index is 458. The van der Waals surface area contributed by atoms with Crippen LogP contribution in [0.4, 0.5) is 0 Å². The molecule has 0 radical (unpaired) electrons. The van der Waals surface area contributed by atoms with E-state index in [1.165, 1.54) is 31.2 Å². The summed E-state index contributed by atoms with van der Waals surface area (Å²) in [6, 6.07) is 10.8. The number of hydrogen-bond donors (Lipinski definition) is 1. The molecule has 0 amide bonds. The lowest BCUT2D eigenvalue weighted by Gasteiger charge is -2.23. The van der Waals surface area contributed by atoms with Crippen molar-refractivity contribution in [2.75, 3.05) is 0 Å². The maximum absolute atomic E-state index is 9.70. The number of rotatable bonds is 6. The molecule has 1 heterocycles. The normalized spacial score (nSPS) is 35.5. The van der Waals surface area contributed by atoms with Crippen LogP contribution in [0.5, 0.6) is 0 Å². The van der Waals surface area contributed by atoms with Gasteiger partial charge in [0.15, 0.2) is 6.29 Å². The molecule has 6 unspecified atom stereocenters. The molecule has 3 rings (SSSR count). The fourth-order valence-electron chi connectivity index (χ4n) is 4.56. The van der Waals surface area contributed by atoms with E-state index < -0.39 is 6.29 Å². The highest BCUT2D eigenvalue weighted by molar-refractivity contribution is 5.14. The predicted octanol–water partition coefficient (Wildman–Crippen LogP) is 4.42. The summed E-state index contributed by atoms with van der Waals surface area (Å²) in [5, 5.41) is 9.70. The van der Waals surface area contributed by atoms with Gasteiger partial charge in [-0.05, 0) is 54.9 Å². The van der Waals surface area contributed by atoms with Gasteiger partial charge in [0.05, 0.1) is 6.10 Å². The maximum Gasteiger partial charge on any atom is 0.155 e. The summed E-state index contributed by atoms with van der Waals surface area (Å²) in [5.74, 6) is 2.88. The molecule has 22 heavy (non-hydrogen) atoms. The van der Waals surface area contributed by atoms with Crippen molar-refractivity contribution in [2.45, 2.75) is 64.8 Å². The Labute approximate surface area is 134 Å². The Kier molecular flexibility index (Phi) is 5.20. The number of hydrogen-bond acceptors (Lipinski definition) is 2. The van der Waals surface area contributed by atoms with E-state index in [4.69, 9.17) is 4.74 Å². The second kappa shape index (κ2) is 7.14. The number of fused-ring (bicyclic) bond motifs is 1. The topological polar surface area (TPSA) is 29.5 Å². The molecule has 1 N–H and O–H groups in total. The van der Waals surface area contributed by atoms with Gasteiger partial charge in [-0.15, -0.1) is 0 Å². The summed E-state index contributed by atoms with van der Waals surface area (Å²) in [7, 11) is 0. The SMILES string of the molecule is CC(CCc1ccccc1)CCC1C(C)CC2OC(O)CC21. The van der Waals surface area contributed by atoms with Gasteiger partial charge in [-0.2, -0.15) is 0 Å². The van der Waals surface area contributed by atoms with E-state index in [1.54, 1.807) is 0 Å². The lowest BCUT2D eigenvalue weighted by molar-refractivity contribution is -0.0922. The summed E-state index contributed by atoms with van der Waals surface area (Å²) < 4.78 is 5.65. The molecule has 1 aromatic rings. The zero-order chi connectivity index (χ0) is 15.5. The van der Waals surface area contributed by atoms with E-state index in [0.29, 0.717) is 12.0 Å². The minimum atomic E-state index is -0.500. The maximum atomic E-state index is 9.70. The van der Waals surface area contributed by atoms with Crippen molar-refractivity contribution in [3.8, 4) is 0 Å². The third-order valence-electron chi connectivity index (χ3n) is 5.93. The Morgan fingerprint density at radius 2 is 1.95 bits per heavy atom. The van der Waals surface area contributed by atoms with Crippen LogP contribution in [0.1, 0.15) is 51.5 Å². The van der Waals surface area contributed by atoms with Gasteiger partial charge in [-0.3, -0.25) is 0 Å². The zero-order valence-electron chi connectivity index (χ0n) is 13.9. The van der Waals surface area contributed by atoms with E-state index in [-0.39, 0.29) is 0 Å². The molecule has 0 aromatic heterocycles. The van der Waals surface area contributed by atoms with Gasteiger partial charge < -0.3 is 9.84 Å². The van der Waals surface area contributed by atoms with Gasteiger partial charge in [0, 0.05) is 6.42 Å². The van der Waals surface area contributed by atoms with Crippen molar-refractivity contribution in [1.82, 2.24) is 0 Å². The molecule has 2 nitrogen and oxygen atoms in total. The van der Waals surface area contributed by atoms with Crippen LogP contribution in [0.25, 0.3) is 0 Å². The van der Waals surface area contributed by atoms with Crippen molar-refractivity contribution in [2.24, 2.45) is 23.7 Å². The lowest BCUT2D eigenvalue weighted by Crippen LogP contribution is -2.17. The van der Waals surface area contributed by atoms with Crippen LogP contribution in [0.2, 0.25) is 0 Å². The number of aliphatic hydroxyl groups excluding tert-OH is 1. The second-order valence-corrected chi connectivity index (χ2v) is 7.61. The highest BCUT2D eigenvalue weighted by Crippen LogP contribution is 2.48. The Morgan fingerprint density at radius 3 is 2.73 bits per heavy atom. The van der Waals surface area contributed by atoms with Crippen molar-refractivity contribution < 1.29 is 9.84 Å². The van der Waals surface area contributed by atoms with E-state index in [1.807, 2.05) is 0 Å². The highest BCUT2D eigenvalue weighted by atomic mass is 16.6. The molecule has 1 saturated carbocycles. The van der Waals surface area contributed by atoms with Gasteiger partial charge in [-0.1, -0.05) is 50.6 Å². The highest BCUT2D eigenvalue weighted by Gasteiger charge is 2.47. The van der Waals surface area contributed by atoms with Gasteiger partial charge in [0.25, 0.3) is 0 Å². The average molecular weight is 302 g/mol. The van der Waals surface area contributed by atoms with Gasteiger partial charge >= 0.3 is 0 Å². The second-order valence-electron chi connectivity index (χ2n) is 7.61. The van der Waals surface area contributed by atoms with Gasteiger partial charge in [0.2, 0.25) is 0 Å². The summed E-state index contributed by atoms with van der Waals surface area (Å²) >= 11 is 0. The van der Waals surface area contributed by atoms with E-state index >= 15 is 0 Å². The third kappa shape index (κ3) is 3.72. The summed E-state index contributed by atoms with van der Waals surface area (Å²) in [4.78, 5) is 0. The molecular formula is C20H30O2. The fourth-order valence-corrected chi connectivity index (χ4v) is 4.56. The zero-order valence-corrected chi connectivity index (χ0v) is 13.9. The van der Waals surface area contributed by atoms with E-state index in [9.17, 15) is 5.11 Å². The molecule has 2 aliphatic rings. The quantitative estimate of drug-likeness (QED) is 0.843. The molecule has 1 saturated heterocycles. The standard InChI is InChI=1S/C20H30O2/c1-14(8-10-16-6-4-3-5-7-16)9-11-17-15(2)12-19-18(17)13-20(21)22-19/h3-7,14-15,17-21H,8-13H2,1-2H3. The predicted molar refractivity (Wildman–Crippen MR) is 89.4 cm³/mol. The van der Waals surface area contributed by atoms with Crippen molar-refractivity contribution in [3.63, 3.8) is 0 Å². The summed E-state index contributed by atoms with van der Waals surface area (Å²) in [6.07, 6.45) is 6.91. The van der Waals surface area contributed by atoms with Crippen LogP contribution in [0.3, 0.4) is 0 Å². The number of aliphatic hydroxyl groups is 1. The van der Waals surface area contributed by atoms with Crippen molar-refractivity contribution in [3.05, 3.63) is 35.9 Å². The van der Waals surface area contributed by atoms with Crippen LogP contribution in [-0.4, -0.2) is 17.5 Å². The van der Waals surface area contributed by atoms with Crippen LogP contribution in [0.15, 0.2) is 30.3 Å². The first-order chi connectivity index (χ1) is 10.6. The molecule has 0 spiro atoms. The molecule has 122 valence electrons. The number of benzene rings is 1.